The smallest absolute Gasteiger partial charge is 0.227 e. The minimum atomic E-state index is -0.385. The Kier molecular flexibility index (Phi) is 5.57. The van der Waals surface area contributed by atoms with Crippen molar-refractivity contribution in [3.63, 3.8) is 0 Å². The van der Waals surface area contributed by atoms with Crippen LogP contribution in [-0.4, -0.2) is 43.8 Å². The first kappa shape index (κ1) is 20.1. The summed E-state index contributed by atoms with van der Waals surface area (Å²) in [6.07, 6.45) is 10.9. The van der Waals surface area contributed by atoms with Crippen molar-refractivity contribution in [1.82, 2.24) is 24.8 Å². The van der Waals surface area contributed by atoms with Gasteiger partial charge in [-0.1, -0.05) is 20.8 Å². The molecule has 1 unspecified atom stereocenters. The standard InChI is InChI=1S/C24H27N5O/c1-24(2,3)23(30)29-14-4-5-19(16-29)21-20(17-6-10-25-11-7-17)15-27-22(28-21)18-8-12-26-13-9-18/h6-13,15,19H,4-5,14,16H2,1-3H3. The van der Waals surface area contributed by atoms with Gasteiger partial charge in [0.05, 0.1) is 5.69 Å². The monoisotopic (exact) mass is 401 g/mol. The van der Waals surface area contributed by atoms with E-state index < -0.39 is 0 Å². The Morgan fingerprint density at radius 1 is 1.00 bits per heavy atom. The van der Waals surface area contributed by atoms with Gasteiger partial charge in [-0.3, -0.25) is 14.8 Å². The highest BCUT2D eigenvalue weighted by atomic mass is 16.2. The molecule has 3 aromatic rings. The van der Waals surface area contributed by atoms with Gasteiger partial charge >= 0.3 is 0 Å². The van der Waals surface area contributed by atoms with E-state index in [-0.39, 0.29) is 17.2 Å². The van der Waals surface area contributed by atoms with Gasteiger partial charge in [0.2, 0.25) is 5.91 Å². The van der Waals surface area contributed by atoms with Gasteiger partial charge in [0.15, 0.2) is 5.82 Å². The Bertz CT molecular complexity index is 1010. The summed E-state index contributed by atoms with van der Waals surface area (Å²) in [5, 5.41) is 0. The molecule has 1 amide bonds. The van der Waals surface area contributed by atoms with E-state index in [1.165, 1.54) is 0 Å². The lowest BCUT2D eigenvalue weighted by Crippen LogP contribution is -2.44. The molecule has 30 heavy (non-hydrogen) atoms. The zero-order valence-electron chi connectivity index (χ0n) is 17.7. The fourth-order valence-electron chi connectivity index (χ4n) is 3.96. The van der Waals surface area contributed by atoms with E-state index in [9.17, 15) is 4.79 Å². The number of piperidine rings is 1. The van der Waals surface area contributed by atoms with Crippen LogP contribution in [0.4, 0.5) is 0 Å². The van der Waals surface area contributed by atoms with Crippen LogP contribution >= 0.6 is 0 Å². The van der Waals surface area contributed by atoms with Crippen molar-refractivity contribution in [3.05, 3.63) is 60.9 Å². The number of carbonyl (C=O) groups excluding carboxylic acids is 1. The summed E-state index contributed by atoms with van der Waals surface area (Å²) in [5.41, 5.74) is 3.59. The first-order valence-electron chi connectivity index (χ1n) is 10.4. The van der Waals surface area contributed by atoms with Crippen LogP contribution in [0.25, 0.3) is 22.5 Å². The maximum Gasteiger partial charge on any atom is 0.227 e. The summed E-state index contributed by atoms with van der Waals surface area (Å²) in [4.78, 5) is 32.8. The van der Waals surface area contributed by atoms with Crippen molar-refractivity contribution < 1.29 is 4.79 Å². The summed E-state index contributed by atoms with van der Waals surface area (Å²) >= 11 is 0. The quantitative estimate of drug-likeness (QED) is 0.652. The van der Waals surface area contributed by atoms with Crippen molar-refractivity contribution in [2.75, 3.05) is 13.1 Å². The Morgan fingerprint density at radius 2 is 1.63 bits per heavy atom. The van der Waals surface area contributed by atoms with Gasteiger partial charge < -0.3 is 4.90 Å². The number of pyridine rings is 2. The second-order valence-electron chi connectivity index (χ2n) is 8.80. The lowest BCUT2D eigenvalue weighted by Gasteiger charge is -2.36. The number of nitrogens with zero attached hydrogens (tertiary/aromatic N) is 5. The topological polar surface area (TPSA) is 71.9 Å². The van der Waals surface area contributed by atoms with E-state index in [2.05, 4.69) is 15.0 Å². The van der Waals surface area contributed by atoms with E-state index in [1.807, 2.05) is 56.1 Å². The molecular formula is C24H27N5O. The minimum Gasteiger partial charge on any atom is -0.342 e. The largest absolute Gasteiger partial charge is 0.342 e. The maximum absolute atomic E-state index is 12.9. The Labute approximate surface area is 177 Å². The molecule has 154 valence electrons. The third kappa shape index (κ3) is 4.22. The highest BCUT2D eigenvalue weighted by Crippen LogP contribution is 2.35. The summed E-state index contributed by atoms with van der Waals surface area (Å²) < 4.78 is 0. The van der Waals surface area contributed by atoms with Crippen molar-refractivity contribution in [2.24, 2.45) is 5.41 Å². The molecule has 1 fully saturated rings. The maximum atomic E-state index is 12.9. The molecule has 1 atom stereocenters. The summed E-state index contributed by atoms with van der Waals surface area (Å²) in [5.74, 6) is 1.04. The molecule has 0 N–H and O–H groups in total. The van der Waals surface area contributed by atoms with E-state index in [4.69, 9.17) is 4.98 Å². The fourth-order valence-corrected chi connectivity index (χ4v) is 3.96. The number of likely N-dealkylation sites (tertiary alicyclic amines) is 1. The molecule has 0 aliphatic carbocycles. The number of carbonyl (C=O) groups is 1. The molecule has 1 aliphatic rings. The Morgan fingerprint density at radius 3 is 2.27 bits per heavy atom. The fraction of sp³-hybridized carbons (Fsp3) is 0.375. The molecule has 0 radical (unpaired) electrons. The van der Waals surface area contributed by atoms with Crippen LogP contribution in [0.15, 0.2) is 55.2 Å². The van der Waals surface area contributed by atoms with Crippen molar-refractivity contribution in [1.29, 1.82) is 0 Å². The molecule has 6 nitrogen and oxygen atoms in total. The zero-order chi connectivity index (χ0) is 21.1. The molecule has 3 aromatic heterocycles. The summed E-state index contributed by atoms with van der Waals surface area (Å²) in [6, 6.07) is 7.80. The number of rotatable bonds is 3. The normalized spacial score (nSPS) is 17.0. The molecule has 0 bridgehead atoms. The van der Waals surface area contributed by atoms with Gasteiger partial charge in [-0.25, -0.2) is 9.97 Å². The van der Waals surface area contributed by atoms with E-state index >= 15 is 0 Å². The van der Waals surface area contributed by atoms with Crippen LogP contribution in [0.1, 0.15) is 45.2 Å². The van der Waals surface area contributed by atoms with Crippen LogP contribution in [0.2, 0.25) is 0 Å². The van der Waals surface area contributed by atoms with Crippen LogP contribution in [0.5, 0.6) is 0 Å². The lowest BCUT2D eigenvalue weighted by molar-refractivity contribution is -0.140. The number of amides is 1. The highest BCUT2D eigenvalue weighted by molar-refractivity contribution is 5.81. The van der Waals surface area contributed by atoms with Crippen LogP contribution in [0.3, 0.4) is 0 Å². The lowest BCUT2D eigenvalue weighted by atomic mass is 9.87. The molecule has 0 spiro atoms. The average Bonchev–Trinajstić information content (AvgIpc) is 2.79. The second-order valence-corrected chi connectivity index (χ2v) is 8.80. The first-order valence-corrected chi connectivity index (χ1v) is 10.4. The van der Waals surface area contributed by atoms with Gasteiger partial charge in [-0.2, -0.15) is 0 Å². The molecule has 4 rings (SSSR count). The van der Waals surface area contributed by atoms with E-state index in [1.54, 1.807) is 24.8 Å². The van der Waals surface area contributed by atoms with Crippen molar-refractivity contribution in [2.45, 2.75) is 39.5 Å². The van der Waals surface area contributed by atoms with Crippen LogP contribution in [0, 0.1) is 5.41 Å². The van der Waals surface area contributed by atoms with Gasteiger partial charge in [0.1, 0.15) is 0 Å². The predicted molar refractivity (Wildman–Crippen MR) is 117 cm³/mol. The van der Waals surface area contributed by atoms with E-state index in [0.29, 0.717) is 12.4 Å². The Hall–Kier alpha value is -3.15. The summed E-state index contributed by atoms with van der Waals surface area (Å²) in [6.45, 7) is 7.43. The van der Waals surface area contributed by atoms with Crippen molar-refractivity contribution >= 4 is 5.91 Å². The van der Waals surface area contributed by atoms with Gasteiger partial charge in [-0.15, -0.1) is 0 Å². The number of hydrogen-bond acceptors (Lipinski definition) is 5. The molecule has 6 heteroatoms. The highest BCUT2D eigenvalue weighted by Gasteiger charge is 2.33. The third-order valence-corrected chi connectivity index (χ3v) is 5.48. The zero-order valence-corrected chi connectivity index (χ0v) is 17.7. The second kappa shape index (κ2) is 8.30. The minimum absolute atomic E-state index is 0.164. The summed E-state index contributed by atoms with van der Waals surface area (Å²) in [7, 11) is 0. The predicted octanol–water partition coefficient (Wildman–Crippen LogP) is 4.35. The number of aromatic nitrogens is 4. The van der Waals surface area contributed by atoms with Gasteiger partial charge in [-0.05, 0) is 42.7 Å². The molecule has 1 saturated heterocycles. The van der Waals surface area contributed by atoms with Gasteiger partial charge in [0, 0.05) is 66.5 Å². The average molecular weight is 402 g/mol. The SMILES string of the molecule is CC(C)(C)C(=O)N1CCCC(c2nc(-c3ccncc3)ncc2-c2ccncc2)C1. The molecular weight excluding hydrogens is 374 g/mol. The first-order chi connectivity index (χ1) is 14.4. The van der Waals surface area contributed by atoms with Gasteiger partial charge in [0.25, 0.3) is 0 Å². The molecule has 1 aliphatic heterocycles. The third-order valence-electron chi connectivity index (χ3n) is 5.48. The van der Waals surface area contributed by atoms with Crippen molar-refractivity contribution in [3.8, 4) is 22.5 Å². The van der Waals surface area contributed by atoms with Crippen LogP contribution in [-0.2, 0) is 4.79 Å². The molecule has 0 saturated carbocycles. The number of hydrogen-bond donors (Lipinski definition) is 0. The molecule has 0 aromatic carbocycles. The van der Waals surface area contributed by atoms with Crippen LogP contribution < -0.4 is 0 Å². The Balaban J connectivity index is 1.75. The molecule has 4 heterocycles. The van der Waals surface area contributed by atoms with E-state index in [0.717, 1.165) is 41.8 Å².